The smallest absolute Gasteiger partial charge is 0.162 e. The highest BCUT2D eigenvalue weighted by Crippen LogP contribution is 2.49. The summed E-state index contributed by atoms with van der Waals surface area (Å²) in [6.07, 6.45) is 2.66. The van der Waals surface area contributed by atoms with Gasteiger partial charge in [-0.05, 0) is 50.2 Å². The van der Waals surface area contributed by atoms with Gasteiger partial charge in [0.25, 0.3) is 0 Å². The van der Waals surface area contributed by atoms with Gasteiger partial charge in [0.05, 0.1) is 13.2 Å². The monoisotopic (exact) mass is 360 g/mol. The summed E-state index contributed by atoms with van der Waals surface area (Å²) in [4.78, 5) is 0.261. The summed E-state index contributed by atoms with van der Waals surface area (Å²) >= 11 is 10.2. The van der Waals surface area contributed by atoms with Crippen molar-refractivity contribution in [3.05, 3.63) is 22.7 Å². The van der Waals surface area contributed by atoms with Crippen LogP contribution in [-0.4, -0.2) is 13.2 Å². The van der Waals surface area contributed by atoms with Crippen molar-refractivity contribution < 1.29 is 9.47 Å². The Balaban J connectivity index is 2.29. The zero-order valence-corrected chi connectivity index (χ0v) is 14.6. The van der Waals surface area contributed by atoms with E-state index in [0.29, 0.717) is 19.1 Å². The quantitative estimate of drug-likeness (QED) is 0.587. The van der Waals surface area contributed by atoms with Gasteiger partial charge < -0.3 is 9.47 Å². The van der Waals surface area contributed by atoms with Gasteiger partial charge in [-0.15, -0.1) is 0 Å². The van der Waals surface area contributed by atoms with E-state index in [9.17, 15) is 0 Å². The maximum atomic E-state index is 6.44. The minimum Gasteiger partial charge on any atom is -0.490 e. The van der Waals surface area contributed by atoms with Crippen LogP contribution in [0, 0.1) is 11.8 Å². The minimum atomic E-state index is 0.261. The Morgan fingerprint density at radius 2 is 1.75 bits per heavy atom. The molecule has 1 aromatic rings. The van der Waals surface area contributed by atoms with Crippen LogP contribution in [0.3, 0.4) is 0 Å². The first-order chi connectivity index (χ1) is 9.58. The second kappa shape index (κ2) is 7.04. The molecule has 20 heavy (non-hydrogen) atoms. The normalized spacial score (nSPS) is 17.6. The fraction of sp³-hybridized carbons (Fsp3) is 0.625. The van der Waals surface area contributed by atoms with Crippen molar-refractivity contribution in [2.75, 3.05) is 13.2 Å². The van der Waals surface area contributed by atoms with Gasteiger partial charge in [-0.2, -0.15) is 0 Å². The average molecular weight is 362 g/mol. The maximum Gasteiger partial charge on any atom is 0.162 e. The molecule has 1 aliphatic rings. The minimum absolute atomic E-state index is 0.261. The molecule has 0 spiro atoms. The fourth-order valence-corrected chi connectivity index (χ4v) is 3.66. The summed E-state index contributed by atoms with van der Waals surface area (Å²) in [6.45, 7) is 7.44. The lowest BCUT2D eigenvalue weighted by Crippen LogP contribution is -2.07. The first-order valence-electron chi connectivity index (χ1n) is 7.31. The van der Waals surface area contributed by atoms with Crippen molar-refractivity contribution in [2.45, 2.75) is 38.4 Å². The van der Waals surface area contributed by atoms with Crippen molar-refractivity contribution in [3.8, 4) is 11.5 Å². The molecule has 0 amide bonds. The Bertz CT molecular complexity index is 460. The molecule has 0 radical (unpaired) electrons. The van der Waals surface area contributed by atoms with E-state index >= 15 is 0 Å². The highest BCUT2D eigenvalue weighted by Gasteiger charge is 2.34. The number of hydrogen-bond acceptors (Lipinski definition) is 2. The Morgan fingerprint density at radius 1 is 1.20 bits per heavy atom. The third kappa shape index (κ3) is 3.62. The van der Waals surface area contributed by atoms with E-state index in [0.717, 1.165) is 28.0 Å². The highest BCUT2D eigenvalue weighted by molar-refractivity contribution is 9.09. The van der Waals surface area contributed by atoms with Gasteiger partial charge in [-0.3, -0.25) is 0 Å². The van der Waals surface area contributed by atoms with E-state index < -0.39 is 0 Å². The molecule has 1 aromatic carbocycles. The zero-order chi connectivity index (χ0) is 14.7. The number of ether oxygens (including phenoxy) is 2. The summed E-state index contributed by atoms with van der Waals surface area (Å²) in [5, 5.41) is 0.742. The second-order valence-electron chi connectivity index (χ2n) is 5.28. The molecular formula is C16H22BrClO2. The fourth-order valence-electron chi connectivity index (χ4n) is 2.44. The Labute approximate surface area is 134 Å². The van der Waals surface area contributed by atoms with Crippen molar-refractivity contribution in [1.82, 2.24) is 0 Å². The molecule has 2 nitrogen and oxygen atoms in total. The lowest BCUT2D eigenvalue weighted by atomic mass is 9.96. The Hall–Kier alpha value is -0.410. The highest BCUT2D eigenvalue weighted by atomic mass is 79.9. The number of halogens is 2. The molecule has 0 bridgehead atoms. The van der Waals surface area contributed by atoms with E-state index in [4.69, 9.17) is 21.1 Å². The summed E-state index contributed by atoms with van der Waals surface area (Å²) in [5.41, 5.74) is 1.10. The first kappa shape index (κ1) is 16.0. The van der Waals surface area contributed by atoms with Crippen molar-refractivity contribution in [1.29, 1.82) is 0 Å². The Kier molecular flexibility index (Phi) is 5.62. The summed E-state index contributed by atoms with van der Waals surface area (Å²) in [5.74, 6) is 2.90. The third-order valence-corrected chi connectivity index (χ3v) is 5.44. The van der Waals surface area contributed by atoms with E-state index in [-0.39, 0.29) is 4.83 Å². The van der Waals surface area contributed by atoms with E-state index in [1.807, 2.05) is 26.0 Å². The van der Waals surface area contributed by atoms with Gasteiger partial charge in [0.15, 0.2) is 11.5 Å². The molecule has 0 saturated heterocycles. The summed E-state index contributed by atoms with van der Waals surface area (Å²) in [6, 6.07) is 3.90. The van der Waals surface area contributed by atoms with Gasteiger partial charge in [-0.25, -0.2) is 0 Å². The number of hydrogen-bond donors (Lipinski definition) is 0. The van der Waals surface area contributed by atoms with Gasteiger partial charge >= 0.3 is 0 Å². The van der Waals surface area contributed by atoms with Gasteiger partial charge in [0, 0.05) is 15.9 Å². The molecular weight excluding hydrogens is 340 g/mol. The predicted octanol–water partition coefficient (Wildman–Crippen LogP) is 5.62. The van der Waals surface area contributed by atoms with Gasteiger partial charge in [0.1, 0.15) is 0 Å². The summed E-state index contributed by atoms with van der Waals surface area (Å²) in [7, 11) is 0. The maximum absolute atomic E-state index is 6.44. The molecule has 0 aliphatic heterocycles. The number of alkyl halides is 1. The van der Waals surface area contributed by atoms with Crippen molar-refractivity contribution in [2.24, 2.45) is 11.8 Å². The van der Waals surface area contributed by atoms with Crippen LogP contribution in [0.5, 0.6) is 11.5 Å². The molecule has 1 fully saturated rings. The molecule has 0 aromatic heterocycles. The lowest BCUT2D eigenvalue weighted by molar-refractivity contribution is 0.287. The standard InChI is InChI=1S/C16H22BrClO2/c1-4-19-14-8-12(13(18)9-15(14)20-5-2)16(17)10(3)11-6-7-11/h8-11,16H,4-7H2,1-3H3. The molecule has 0 heterocycles. The molecule has 0 N–H and O–H groups in total. The lowest BCUT2D eigenvalue weighted by Gasteiger charge is -2.21. The van der Waals surface area contributed by atoms with Crippen LogP contribution in [0.1, 0.15) is 44.0 Å². The Morgan fingerprint density at radius 3 is 2.25 bits per heavy atom. The van der Waals surface area contributed by atoms with Gasteiger partial charge in [-0.1, -0.05) is 34.5 Å². The van der Waals surface area contributed by atoms with Crippen LogP contribution >= 0.6 is 27.5 Å². The molecule has 2 unspecified atom stereocenters. The SMILES string of the molecule is CCOc1cc(Cl)c(C(Br)C(C)C2CC2)cc1OCC. The van der Waals surface area contributed by atoms with Gasteiger partial charge in [0.2, 0.25) is 0 Å². The molecule has 2 atom stereocenters. The molecule has 112 valence electrons. The predicted molar refractivity (Wildman–Crippen MR) is 87.3 cm³/mol. The molecule has 4 heteroatoms. The molecule has 1 saturated carbocycles. The van der Waals surface area contributed by atoms with Crippen LogP contribution in [0.2, 0.25) is 5.02 Å². The van der Waals surface area contributed by atoms with Crippen LogP contribution in [0.4, 0.5) is 0 Å². The van der Waals surface area contributed by atoms with Crippen molar-refractivity contribution in [3.63, 3.8) is 0 Å². The first-order valence-corrected chi connectivity index (χ1v) is 8.60. The summed E-state index contributed by atoms with van der Waals surface area (Å²) < 4.78 is 11.3. The second-order valence-corrected chi connectivity index (χ2v) is 6.68. The number of rotatable bonds is 7. The molecule has 1 aliphatic carbocycles. The largest absolute Gasteiger partial charge is 0.490 e. The van der Waals surface area contributed by atoms with E-state index in [1.54, 1.807) is 0 Å². The van der Waals surface area contributed by atoms with E-state index in [1.165, 1.54) is 12.8 Å². The van der Waals surface area contributed by atoms with Crippen LogP contribution < -0.4 is 9.47 Å². The van der Waals surface area contributed by atoms with Crippen LogP contribution in [-0.2, 0) is 0 Å². The number of benzene rings is 1. The topological polar surface area (TPSA) is 18.5 Å². The van der Waals surface area contributed by atoms with Crippen molar-refractivity contribution >= 4 is 27.5 Å². The zero-order valence-electron chi connectivity index (χ0n) is 12.3. The van der Waals surface area contributed by atoms with E-state index in [2.05, 4.69) is 22.9 Å². The van der Waals surface area contributed by atoms with Crippen LogP contribution in [0.15, 0.2) is 12.1 Å². The van der Waals surface area contributed by atoms with Crippen LogP contribution in [0.25, 0.3) is 0 Å². The average Bonchev–Trinajstić information content (AvgIpc) is 3.25. The third-order valence-electron chi connectivity index (χ3n) is 3.79. The molecule has 2 rings (SSSR count).